The first kappa shape index (κ1) is 19.9. The van der Waals surface area contributed by atoms with Gasteiger partial charge in [0.25, 0.3) is 0 Å². The van der Waals surface area contributed by atoms with Gasteiger partial charge in [-0.1, -0.05) is 30.3 Å². The van der Waals surface area contributed by atoms with Crippen LogP contribution in [0.1, 0.15) is 13.0 Å². The Kier molecular flexibility index (Phi) is 6.32. The fraction of sp³-hybridized carbons (Fsp3) is 0.500. The molecule has 1 N–H and O–H groups in total. The number of likely N-dealkylation sites (N-methyl/N-ethyl adjacent to an activating group) is 1. The van der Waals surface area contributed by atoms with E-state index in [0.717, 1.165) is 5.56 Å². The van der Waals surface area contributed by atoms with E-state index in [9.17, 15) is 9.59 Å². The normalized spacial score (nSPS) is 18.2. The Morgan fingerprint density at radius 2 is 2.11 bits per heavy atom. The molecule has 0 saturated carbocycles. The number of aliphatic carboxylic acids is 1. The quantitative estimate of drug-likeness (QED) is 0.713. The van der Waals surface area contributed by atoms with E-state index in [4.69, 9.17) is 9.84 Å². The molecule has 1 fully saturated rings. The summed E-state index contributed by atoms with van der Waals surface area (Å²) < 4.78 is 5.68. The van der Waals surface area contributed by atoms with Crippen molar-refractivity contribution in [3.63, 3.8) is 0 Å². The van der Waals surface area contributed by atoms with Gasteiger partial charge in [-0.25, -0.2) is 0 Å². The van der Waals surface area contributed by atoms with E-state index in [1.54, 1.807) is 23.8 Å². The van der Waals surface area contributed by atoms with Crippen molar-refractivity contribution in [3.05, 3.63) is 30.3 Å². The van der Waals surface area contributed by atoms with Gasteiger partial charge in [-0.2, -0.15) is 4.80 Å². The second-order valence-electron chi connectivity index (χ2n) is 6.84. The summed E-state index contributed by atoms with van der Waals surface area (Å²) in [5.74, 6) is -0.548. The summed E-state index contributed by atoms with van der Waals surface area (Å²) in [5.41, 5.74) is 0.835. The molecule has 150 valence electrons. The molecule has 1 saturated heterocycles. The highest BCUT2D eigenvalue weighted by Crippen LogP contribution is 2.16. The summed E-state index contributed by atoms with van der Waals surface area (Å²) in [6.45, 7) is 3.37. The maximum atomic E-state index is 12.9. The number of aromatic nitrogens is 4. The van der Waals surface area contributed by atoms with Crippen LogP contribution in [0, 0.1) is 0 Å². The molecule has 2 unspecified atom stereocenters. The second kappa shape index (κ2) is 8.89. The van der Waals surface area contributed by atoms with E-state index in [0.29, 0.717) is 32.1 Å². The minimum absolute atomic E-state index is 0.0741. The van der Waals surface area contributed by atoms with Crippen LogP contribution >= 0.6 is 0 Å². The molecular weight excluding hydrogens is 364 g/mol. The molecule has 0 radical (unpaired) electrons. The van der Waals surface area contributed by atoms with Crippen molar-refractivity contribution in [3.8, 4) is 11.4 Å². The fourth-order valence-corrected chi connectivity index (χ4v) is 3.13. The van der Waals surface area contributed by atoms with Gasteiger partial charge >= 0.3 is 5.97 Å². The highest BCUT2D eigenvalue weighted by Gasteiger charge is 2.30. The number of carboxylic acids is 1. The van der Waals surface area contributed by atoms with Gasteiger partial charge in [0, 0.05) is 25.2 Å². The van der Waals surface area contributed by atoms with Gasteiger partial charge in [0.1, 0.15) is 6.04 Å². The molecule has 28 heavy (non-hydrogen) atoms. The average Bonchev–Trinajstić information content (AvgIpc) is 3.17. The molecule has 10 nitrogen and oxygen atoms in total. The molecule has 2 aromatic rings. The Morgan fingerprint density at radius 1 is 1.36 bits per heavy atom. The smallest absolute Gasteiger partial charge is 0.317 e. The number of ether oxygens (including phenoxy) is 1. The number of hydrogen-bond acceptors (Lipinski definition) is 7. The SMILES string of the molecule is CC(C(=O)N1CCOC(CN(C)CC(=O)O)C1)n1nnc(-c2ccccc2)n1. The number of carboxylic acid groups (broad SMARTS) is 1. The highest BCUT2D eigenvalue weighted by atomic mass is 16.5. The summed E-state index contributed by atoms with van der Waals surface area (Å²) >= 11 is 0. The molecule has 2 atom stereocenters. The molecule has 2 heterocycles. The number of amides is 1. The largest absolute Gasteiger partial charge is 0.480 e. The summed E-state index contributed by atoms with van der Waals surface area (Å²) in [6.07, 6.45) is -0.238. The lowest BCUT2D eigenvalue weighted by Gasteiger charge is -2.35. The fourth-order valence-electron chi connectivity index (χ4n) is 3.13. The molecule has 1 aromatic carbocycles. The molecule has 0 bridgehead atoms. The molecule has 1 aliphatic heterocycles. The lowest BCUT2D eigenvalue weighted by atomic mass is 10.2. The number of carbonyl (C=O) groups excluding carboxylic acids is 1. The van der Waals surface area contributed by atoms with Crippen LogP contribution in [0.5, 0.6) is 0 Å². The zero-order valence-corrected chi connectivity index (χ0v) is 15.9. The van der Waals surface area contributed by atoms with Crippen molar-refractivity contribution < 1.29 is 19.4 Å². The van der Waals surface area contributed by atoms with Gasteiger partial charge in [0.05, 0.1) is 19.3 Å². The van der Waals surface area contributed by atoms with Crippen LogP contribution in [-0.4, -0.2) is 92.9 Å². The highest BCUT2D eigenvalue weighted by molar-refractivity contribution is 5.80. The third-order valence-corrected chi connectivity index (χ3v) is 4.53. The third kappa shape index (κ3) is 4.90. The van der Waals surface area contributed by atoms with Crippen LogP contribution in [0.4, 0.5) is 0 Å². The monoisotopic (exact) mass is 388 g/mol. The topological polar surface area (TPSA) is 114 Å². The molecule has 1 aliphatic rings. The molecule has 1 amide bonds. The maximum absolute atomic E-state index is 12.9. The Bertz CT molecular complexity index is 811. The zero-order chi connectivity index (χ0) is 20.1. The Morgan fingerprint density at radius 3 is 2.82 bits per heavy atom. The van der Waals surface area contributed by atoms with Gasteiger partial charge < -0.3 is 14.7 Å². The Labute approximate surface area is 162 Å². The number of tetrazole rings is 1. The molecule has 10 heteroatoms. The van der Waals surface area contributed by atoms with Crippen molar-refractivity contribution >= 4 is 11.9 Å². The molecule has 1 aromatic heterocycles. The molecular formula is C18H24N6O4. The number of nitrogens with zero attached hydrogens (tertiary/aromatic N) is 6. The summed E-state index contributed by atoms with van der Waals surface area (Å²) in [6, 6.07) is 8.85. The van der Waals surface area contributed by atoms with Gasteiger partial charge in [-0.05, 0) is 19.2 Å². The predicted octanol–water partition coefficient (Wildman–Crippen LogP) is 0.145. The van der Waals surface area contributed by atoms with E-state index in [1.165, 1.54) is 4.80 Å². The van der Waals surface area contributed by atoms with Crippen molar-refractivity contribution in [2.45, 2.75) is 19.1 Å². The number of rotatable bonds is 7. The summed E-state index contributed by atoms with van der Waals surface area (Å²) in [4.78, 5) is 28.4. The Hall–Kier alpha value is -2.85. The predicted molar refractivity (Wildman–Crippen MR) is 99.4 cm³/mol. The first-order valence-electron chi connectivity index (χ1n) is 9.09. The van der Waals surface area contributed by atoms with E-state index < -0.39 is 12.0 Å². The lowest BCUT2D eigenvalue weighted by Crippen LogP contribution is -2.51. The first-order valence-corrected chi connectivity index (χ1v) is 9.09. The average molecular weight is 388 g/mol. The number of hydrogen-bond donors (Lipinski definition) is 1. The molecule has 3 rings (SSSR count). The zero-order valence-electron chi connectivity index (χ0n) is 15.9. The van der Waals surface area contributed by atoms with E-state index in [2.05, 4.69) is 15.4 Å². The van der Waals surface area contributed by atoms with Gasteiger partial charge in [0.2, 0.25) is 11.7 Å². The van der Waals surface area contributed by atoms with Crippen LogP contribution in [0.25, 0.3) is 11.4 Å². The third-order valence-electron chi connectivity index (χ3n) is 4.53. The number of carbonyl (C=O) groups is 2. The van der Waals surface area contributed by atoms with Crippen LogP contribution in [-0.2, 0) is 14.3 Å². The van der Waals surface area contributed by atoms with E-state index in [1.807, 2.05) is 30.3 Å². The molecule has 0 aliphatic carbocycles. The van der Waals surface area contributed by atoms with E-state index in [-0.39, 0.29) is 18.6 Å². The van der Waals surface area contributed by atoms with Crippen molar-refractivity contribution in [2.75, 3.05) is 39.8 Å². The second-order valence-corrected chi connectivity index (χ2v) is 6.84. The maximum Gasteiger partial charge on any atom is 0.317 e. The van der Waals surface area contributed by atoms with Crippen molar-refractivity contribution in [1.29, 1.82) is 0 Å². The van der Waals surface area contributed by atoms with Gasteiger partial charge in [-0.3, -0.25) is 14.5 Å². The number of benzene rings is 1. The van der Waals surface area contributed by atoms with Crippen molar-refractivity contribution in [2.24, 2.45) is 0 Å². The van der Waals surface area contributed by atoms with Crippen LogP contribution in [0.3, 0.4) is 0 Å². The standard InChI is InChI=1S/C18H24N6O4/c1-13(24-20-17(19-21-24)14-6-4-3-5-7-14)18(27)23-8-9-28-15(11-23)10-22(2)12-16(25)26/h3-7,13,15H,8-12H2,1-2H3,(H,25,26). The minimum atomic E-state index is -0.897. The number of morpholine rings is 1. The van der Waals surface area contributed by atoms with E-state index >= 15 is 0 Å². The lowest BCUT2D eigenvalue weighted by molar-refractivity contribution is -0.144. The van der Waals surface area contributed by atoms with Gasteiger partial charge in [-0.15, -0.1) is 10.2 Å². The van der Waals surface area contributed by atoms with Gasteiger partial charge in [0.15, 0.2) is 0 Å². The van der Waals surface area contributed by atoms with Crippen molar-refractivity contribution in [1.82, 2.24) is 30.0 Å². The van der Waals surface area contributed by atoms with Crippen LogP contribution in [0.15, 0.2) is 30.3 Å². The summed E-state index contributed by atoms with van der Waals surface area (Å²) in [7, 11) is 1.71. The summed E-state index contributed by atoms with van der Waals surface area (Å²) in [5, 5.41) is 21.3. The minimum Gasteiger partial charge on any atom is -0.480 e. The van der Waals surface area contributed by atoms with Crippen LogP contribution < -0.4 is 0 Å². The van der Waals surface area contributed by atoms with Crippen LogP contribution in [0.2, 0.25) is 0 Å². The Balaban J connectivity index is 1.61. The molecule has 0 spiro atoms. The first-order chi connectivity index (χ1) is 13.4.